The molecule has 0 aliphatic heterocycles. The van der Waals surface area contributed by atoms with Crippen molar-refractivity contribution in [2.24, 2.45) is 7.05 Å². The Hall–Kier alpha value is -1.51. The number of rotatable bonds is 4. The van der Waals surface area contributed by atoms with Crippen molar-refractivity contribution in [1.29, 1.82) is 0 Å². The maximum Gasteiger partial charge on any atom is 0.434 e. The SMILES string of the molecule is COC(C)Oc1cc(-c2nn(C)c(C(F)(F)F)c2Cl)c(F)cc1Cl. The van der Waals surface area contributed by atoms with Crippen LogP contribution in [0.5, 0.6) is 5.75 Å². The summed E-state index contributed by atoms with van der Waals surface area (Å²) in [5, 5.41) is 2.90. The van der Waals surface area contributed by atoms with Crippen molar-refractivity contribution in [1.82, 2.24) is 9.78 Å². The summed E-state index contributed by atoms with van der Waals surface area (Å²) in [7, 11) is 2.45. The fraction of sp³-hybridized carbons (Fsp3) is 0.357. The van der Waals surface area contributed by atoms with Crippen molar-refractivity contribution in [2.75, 3.05) is 7.11 Å². The van der Waals surface area contributed by atoms with Crippen LogP contribution in [0.15, 0.2) is 12.1 Å². The van der Waals surface area contributed by atoms with Crippen LogP contribution >= 0.6 is 23.2 Å². The van der Waals surface area contributed by atoms with Crippen molar-refractivity contribution in [3.05, 3.63) is 33.7 Å². The Balaban J connectivity index is 2.59. The molecule has 0 fully saturated rings. The predicted octanol–water partition coefficient (Wildman–Crippen LogP) is 4.92. The molecule has 0 N–H and O–H groups in total. The second-order valence-electron chi connectivity index (χ2n) is 4.82. The summed E-state index contributed by atoms with van der Waals surface area (Å²) < 4.78 is 64.0. The highest BCUT2D eigenvalue weighted by molar-refractivity contribution is 6.34. The van der Waals surface area contributed by atoms with Crippen LogP contribution in [0.1, 0.15) is 12.6 Å². The summed E-state index contributed by atoms with van der Waals surface area (Å²) in [6, 6.07) is 2.04. The largest absolute Gasteiger partial charge is 0.464 e. The first-order valence-electron chi connectivity index (χ1n) is 6.54. The number of ether oxygens (including phenoxy) is 2. The summed E-state index contributed by atoms with van der Waals surface area (Å²) >= 11 is 11.7. The van der Waals surface area contributed by atoms with E-state index in [1.54, 1.807) is 6.92 Å². The Kier molecular flexibility index (Phi) is 5.31. The zero-order valence-electron chi connectivity index (χ0n) is 12.7. The minimum Gasteiger partial charge on any atom is -0.464 e. The van der Waals surface area contributed by atoms with Crippen molar-refractivity contribution in [3.63, 3.8) is 0 Å². The van der Waals surface area contributed by atoms with Gasteiger partial charge in [-0.25, -0.2) is 4.39 Å². The normalized spacial score (nSPS) is 13.2. The monoisotopic (exact) mass is 386 g/mol. The Morgan fingerprint density at radius 3 is 2.38 bits per heavy atom. The van der Waals surface area contributed by atoms with Gasteiger partial charge in [0.05, 0.1) is 10.0 Å². The summed E-state index contributed by atoms with van der Waals surface area (Å²) in [6.07, 6.45) is -5.44. The first-order valence-corrected chi connectivity index (χ1v) is 7.30. The summed E-state index contributed by atoms with van der Waals surface area (Å²) in [4.78, 5) is 0. The highest BCUT2D eigenvalue weighted by Crippen LogP contribution is 2.42. The quantitative estimate of drug-likeness (QED) is 0.552. The molecule has 4 nitrogen and oxygen atoms in total. The zero-order chi connectivity index (χ0) is 18.2. The van der Waals surface area contributed by atoms with Crippen molar-refractivity contribution in [2.45, 2.75) is 19.4 Å². The standard InChI is InChI=1S/C14H12Cl2F4N2O2/c1-6(23-3)24-10-4-7(9(17)5-8(10)15)12-11(16)13(14(18,19)20)22(2)21-12/h4-6H,1-3H3. The molecule has 0 bridgehead atoms. The van der Waals surface area contributed by atoms with E-state index in [4.69, 9.17) is 32.7 Å². The molecule has 1 aromatic heterocycles. The van der Waals surface area contributed by atoms with Gasteiger partial charge in [0.1, 0.15) is 17.3 Å². The van der Waals surface area contributed by atoms with Gasteiger partial charge in [0.15, 0.2) is 12.0 Å². The van der Waals surface area contributed by atoms with E-state index in [2.05, 4.69) is 5.10 Å². The fourth-order valence-electron chi connectivity index (χ4n) is 2.01. The van der Waals surface area contributed by atoms with Crippen LogP contribution in [0.2, 0.25) is 10.0 Å². The molecule has 1 atom stereocenters. The van der Waals surface area contributed by atoms with Gasteiger partial charge in [-0.3, -0.25) is 4.68 Å². The zero-order valence-corrected chi connectivity index (χ0v) is 14.2. The lowest BCUT2D eigenvalue weighted by Crippen LogP contribution is -2.14. The molecule has 0 aliphatic carbocycles. The number of hydrogen-bond acceptors (Lipinski definition) is 3. The van der Waals surface area contributed by atoms with Crippen LogP contribution in [-0.4, -0.2) is 23.2 Å². The molecule has 0 spiro atoms. The van der Waals surface area contributed by atoms with Gasteiger partial charge in [-0.15, -0.1) is 0 Å². The molecule has 1 unspecified atom stereocenters. The Morgan fingerprint density at radius 2 is 1.88 bits per heavy atom. The third-order valence-electron chi connectivity index (χ3n) is 3.16. The van der Waals surface area contributed by atoms with Crippen LogP contribution in [0.25, 0.3) is 11.3 Å². The third kappa shape index (κ3) is 3.60. The molecule has 0 saturated heterocycles. The first-order chi connectivity index (χ1) is 11.1. The number of nitrogens with zero attached hydrogens (tertiary/aromatic N) is 2. The minimum absolute atomic E-state index is 0.0256. The van der Waals surface area contributed by atoms with Crippen molar-refractivity contribution in [3.8, 4) is 17.0 Å². The van der Waals surface area contributed by atoms with E-state index in [0.29, 0.717) is 4.68 Å². The molecule has 1 aromatic carbocycles. The predicted molar refractivity (Wildman–Crippen MR) is 80.7 cm³/mol. The number of methoxy groups -OCH3 is 1. The molecule has 0 amide bonds. The molecule has 2 rings (SSSR count). The van der Waals surface area contributed by atoms with E-state index in [9.17, 15) is 17.6 Å². The van der Waals surface area contributed by atoms with E-state index < -0.39 is 29.0 Å². The summed E-state index contributed by atoms with van der Waals surface area (Å²) in [5.41, 5.74) is -1.81. The van der Waals surface area contributed by atoms with Crippen LogP contribution in [0.3, 0.4) is 0 Å². The maximum atomic E-state index is 14.2. The van der Waals surface area contributed by atoms with E-state index >= 15 is 0 Å². The molecule has 0 aliphatic rings. The lowest BCUT2D eigenvalue weighted by Gasteiger charge is -2.15. The number of aryl methyl sites for hydroxylation is 1. The first kappa shape index (κ1) is 18.8. The molecule has 24 heavy (non-hydrogen) atoms. The van der Waals surface area contributed by atoms with Gasteiger partial charge in [0.2, 0.25) is 0 Å². The highest BCUT2D eigenvalue weighted by Gasteiger charge is 2.39. The molecule has 0 saturated carbocycles. The topological polar surface area (TPSA) is 36.3 Å². The second-order valence-corrected chi connectivity index (χ2v) is 5.60. The number of alkyl halides is 3. The van der Waals surface area contributed by atoms with Gasteiger partial charge >= 0.3 is 6.18 Å². The van der Waals surface area contributed by atoms with Crippen molar-refractivity contribution >= 4 is 23.2 Å². The molecule has 10 heteroatoms. The van der Waals surface area contributed by atoms with E-state index in [0.717, 1.165) is 19.2 Å². The number of hydrogen-bond donors (Lipinski definition) is 0. The molecule has 0 radical (unpaired) electrons. The average molecular weight is 387 g/mol. The van der Waals surface area contributed by atoms with Crippen LogP contribution < -0.4 is 4.74 Å². The number of aromatic nitrogens is 2. The fourth-order valence-corrected chi connectivity index (χ4v) is 2.57. The molecule has 2 aromatic rings. The minimum atomic E-state index is -4.73. The lowest BCUT2D eigenvalue weighted by atomic mass is 10.1. The smallest absolute Gasteiger partial charge is 0.434 e. The Morgan fingerprint density at radius 1 is 1.25 bits per heavy atom. The Labute approximate surface area is 144 Å². The Bertz CT molecular complexity index is 762. The lowest BCUT2D eigenvalue weighted by molar-refractivity contribution is -0.143. The molecular formula is C14H12Cl2F4N2O2. The van der Waals surface area contributed by atoms with Gasteiger partial charge < -0.3 is 9.47 Å². The van der Waals surface area contributed by atoms with Gasteiger partial charge in [-0.1, -0.05) is 23.2 Å². The van der Waals surface area contributed by atoms with Gasteiger partial charge in [-0.2, -0.15) is 18.3 Å². The number of benzene rings is 1. The van der Waals surface area contributed by atoms with E-state index in [1.165, 1.54) is 7.11 Å². The molecule has 1 heterocycles. The van der Waals surface area contributed by atoms with E-state index in [-0.39, 0.29) is 22.0 Å². The number of halogens is 6. The highest BCUT2D eigenvalue weighted by atomic mass is 35.5. The summed E-state index contributed by atoms with van der Waals surface area (Å²) in [5.74, 6) is -0.858. The average Bonchev–Trinajstić information content (AvgIpc) is 2.76. The second kappa shape index (κ2) is 6.78. The van der Waals surface area contributed by atoms with Gasteiger partial charge in [0.25, 0.3) is 0 Å². The summed E-state index contributed by atoms with van der Waals surface area (Å²) in [6.45, 7) is 1.56. The van der Waals surface area contributed by atoms with Crippen LogP contribution in [0, 0.1) is 5.82 Å². The van der Waals surface area contributed by atoms with Gasteiger partial charge in [-0.05, 0) is 19.1 Å². The third-order valence-corrected chi connectivity index (χ3v) is 3.81. The van der Waals surface area contributed by atoms with Crippen molar-refractivity contribution < 1.29 is 27.0 Å². The van der Waals surface area contributed by atoms with Gasteiger partial charge in [0, 0.05) is 19.7 Å². The van der Waals surface area contributed by atoms with E-state index in [1.807, 2.05) is 0 Å². The molecule has 132 valence electrons. The van der Waals surface area contributed by atoms with Crippen LogP contribution in [0.4, 0.5) is 17.6 Å². The van der Waals surface area contributed by atoms with Crippen LogP contribution in [-0.2, 0) is 18.0 Å². The maximum absolute atomic E-state index is 14.2. The molecular weight excluding hydrogens is 375 g/mol.